The molecule has 1 heterocycles. The van der Waals surface area contributed by atoms with Gasteiger partial charge in [-0.3, -0.25) is 5.84 Å². The molecule has 0 saturated heterocycles. The first-order valence-corrected chi connectivity index (χ1v) is 7.18. The monoisotopic (exact) mass is 272 g/mol. The zero-order chi connectivity index (χ0) is 14.6. The Hall–Kier alpha value is -1.65. The molecule has 0 aliphatic rings. The lowest BCUT2D eigenvalue weighted by Crippen LogP contribution is -2.45. The molecule has 2 aromatic rings. The molecule has 0 aliphatic heterocycles. The Morgan fingerprint density at radius 3 is 2.35 bits per heavy atom. The Balaban J connectivity index is 2.54. The summed E-state index contributed by atoms with van der Waals surface area (Å²) in [4.78, 5) is 4.49. The summed E-state index contributed by atoms with van der Waals surface area (Å²) >= 11 is 0. The molecule has 4 nitrogen and oxygen atoms in total. The predicted molar refractivity (Wildman–Crippen MR) is 82.0 cm³/mol. The number of hydrogen-bond donors (Lipinski definition) is 2. The first-order chi connectivity index (χ1) is 9.69. The molecule has 0 aliphatic carbocycles. The summed E-state index contributed by atoms with van der Waals surface area (Å²) in [6.07, 6.45) is 5.77. The van der Waals surface area contributed by atoms with E-state index in [0.717, 1.165) is 18.7 Å². The van der Waals surface area contributed by atoms with Crippen LogP contribution in [0.4, 0.5) is 0 Å². The number of nitrogens with two attached hydrogens (primary N) is 1. The average Bonchev–Trinajstić information content (AvgIpc) is 2.91. The summed E-state index contributed by atoms with van der Waals surface area (Å²) < 4.78 is 2.04. The summed E-state index contributed by atoms with van der Waals surface area (Å²) in [5, 5.41) is 0. The minimum Gasteiger partial charge on any atom is -0.337 e. The van der Waals surface area contributed by atoms with E-state index in [1.165, 1.54) is 5.56 Å². The van der Waals surface area contributed by atoms with Crippen molar-refractivity contribution in [2.24, 2.45) is 12.9 Å². The molecule has 1 aromatic heterocycles. The molecule has 3 N–H and O–H groups in total. The number of nitrogens with zero attached hydrogens (tertiary/aromatic N) is 2. The van der Waals surface area contributed by atoms with E-state index in [9.17, 15) is 0 Å². The van der Waals surface area contributed by atoms with Crippen molar-refractivity contribution in [3.05, 3.63) is 54.1 Å². The lowest BCUT2D eigenvalue weighted by molar-refractivity contribution is 0.262. The van der Waals surface area contributed by atoms with E-state index < -0.39 is 0 Å². The number of nitrogens with one attached hydrogen (secondary N) is 1. The fourth-order valence-electron chi connectivity index (χ4n) is 3.14. The van der Waals surface area contributed by atoms with Gasteiger partial charge in [-0.25, -0.2) is 10.4 Å². The first kappa shape index (κ1) is 14.8. The minimum absolute atomic E-state index is 0.0140. The van der Waals surface area contributed by atoms with Crippen molar-refractivity contribution in [1.29, 1.82) is 0 Å². The van der Waals surface area contributed by atoms with Crippen LogP contribution < -0.4 is 11.3 Å². The van der Waals surface area contributed by atoms with Gasteiger partial charge in [-0.1, -0.05) is 44.2 Å². The molecule has 1 aromatic carbocycles. The molecule has 0 bridgehead atoms. The number of imidazole rings is 1. The smallest absolute Gasteiger partial charge is 0.127 e. The topological polar surface area (TPSA) is 55.9 Å². The van der Waals surface area contributed by atoms with Crippen molar-refractivity contribution >= 4 is 0 Å². The number of aryl methyl sites for hydroxylation is 1. The summed E-state index contributed by atoms with van der Waals surface area (Å²) in [5.41, 5.74) is 4.24. The van der Waals surface area contributed by atoms with E-state index in [1.807, 2.05) is 30.1 Å². The van der Waals surface area contributed by atoms with E-state index in [2.05, 4.69) is 48.5 Å². The van der Waals surface area contributed by atoms with Gasteiger partial charge < -0.3 is 4.57 Å². The highest BCUT2D eigenvalue weighted by Gasteiger charge is 2.39. The third kappa shape index (κ3) is 2.37. The molecular formula is C16H24N4. The van der Waals surface area contributed by atoms with E-state index in [-0.39, 0.29) is 11.5 Å². The standard InChI is InChI=1S/C16H24N4/c1-4-16(5-2,13-9-7-6-8-10-13)14(19-17)15-18-11-12-20(15)3/h6-12,14,19H,4-5,17H2,1-3H3. The predicted octanol–water partition coefficient (Wildman–Crippen LogP) is 2.68. The Labute approximate surface area is 121 Å². The third-order valence-corrected chi connectivity index (χ3v) is 4.45. The van der Waals surface area contributed by atoms with Crippen molar-refractivity contribution in [3.63, 3.8) is 0 Å². The zero-order valence-corrected chi connectivity index (χ0v) is 12.5. The van der Waals surface area contributed by atoms with Gasteiger partial charge in [0.1, 0.15) is 5.82 Å². The van der Waals surface area contributed by atoms with Gasteiger partial charge in [0, 0.05) is 24.9 Å². The fourth-order valence-corrected chi connectivity index (χ4v) is 3.14. The third-order valence-electron chi connectivity index (χ3n) is 4.45. The Morgan fingerprint density at radius 2 is 1.90 bits per heavy atom. The number of rotatable bonds is 6. The second-order valence-corrected chi connectivity index (χ2v) is 5.23. The zero-order valence-electron chi connectivity index (χ0n) is 12.5. The van der Waals surface area contributed by atoms with Crippen LogP contribution in [0.15, 0.2) is 42.7 Å². The summed E-state index contributed by atoms with van der Waals surface area (Å²) in [6.45, 7) is 4.42. The van der Waals surface area contributed by atoms with Gasteiger partial charge in [0.2, 0.25) is 0 Å². The van der Waals surface area contributed by atoms with E-state index in [0.29, 0.717) is 0 Å². The van der Waals surface area contributed by atoms with Crippen molar-refractivity contribution in [2.45, 2.75) is 38.1 Å². The van der Waals surface area contributed by atoms with Crippen LogP contribution in [0.3, 0.4) is 0 Å². The van der Waals surface area contributed by atoms with Gasteiger partial charge in [-0.2, -0.15) is 0 Å². The highest BCUT2D eigenvalue weighted by atomic mass is 15.3. The van der Waals surface area contributed by atoms with Gasteiger partial charge in [-0.15, -0.1) is 0 Å². The number of benzene rings is 1. The Bertz CT molecular complexity index is 528. The normalized spacial score (nSPS) is 13.4. The molecule has 0 fully saturated rings. The van der Waals surface area contributed by atoms with Gasteiger partial charge in [0.25, 0.3) is 0 Å². The maximum atomic E-state index is 5.90. The molecule has 0 radical (unpaired) electrons. The number of aromatic nitrogens is 2. The van der Waals surface area contributed by atoms with Crippen LogP contribution in [0.1, 0.15) is 44.1 Å². The van der Waals surface area contributed by atoms with Crippen LogP contribution in [0.5, 0.6) is 0 Å². The lowest BCUT2D eigenvalue weighted by Gasteiger charge is -2.39. The van der Waals surface area contributed by atoms with Crippen LogP contribution >= 0.6 is 0 Å². The Morgan fingerprint density at radius 1 is 1.25 bits per heavy atom. The number of hydrogen-bond acceptors (Lipinski definition) is 3. The summed E-state index contributed by atoms with van der Waals surface area (Å²) in [7, 11) is 2.01. The molecule has 1 unspecified atom stereocenters. The fraction of sp³-hybridized carbons (Fsp3) is 0.438. The summed E-state index contributed by atoms with van der Waals surface area (Å²) in [6, 6.07) is 10.6. The van der Waals surface area contributed by atoms with Crippen molar-refractivity contribution < 1.29 is 0 Å². The van der Waals surface area contributed by atoms with E-state index in [4.69, 9.17) is 5.84 Å². The van der Waals surface area contributed by atoms with Crippen LogP contribution in [0, 0.1) is 0 Å². The second kappa shape index (κ2) is 6.20. The molecule has 4 heteroatoms. The van der Waals surface area contributed by atoms with Crippen LogP contribution in [-0.2, 0) is 12.5 Å². The molecule has 0 amide bonds. The molecule has 0 saturated carbocycles. The molecule has 1 atom stereocenters. The van der Waals surface area contributed by atoms with E-state index in [1.54, 1.807) is 0 Å². The summed E-state index contributed by atoms with van der Waals surface area (Å²) in [5.74, 6) is 6.88. The molecule has 108 valence electrons. The SMILES string of the molecule is CCC(CC)(c1ccccc1)C(NN)c1nccn1C. The molecule has 2 rings (SSSR count). The van der Waals surface area contributed by atoms with E-state index >= 15 is 0 Å². The highest BCUT2D eigenvalue weighted by molar-refractivity contribution is 5.29. The highest BCUT2D eigenvalue weighted by Crippen LogP contribution is 2.42. The Kier molecular flexibility index (Phi) is 4.57. The maximum Gasteiger partial charge on any atom is 0.127 e. The maximum absolute atomic E-state index is 5.90. The van der Waals surface area contributed by atoms with Crippen LogP contribution in [0.2, 0.25) is 0 Å². The van der Waals surface area contributed by atoms with Gasteiger partial charge in [0.05, 0.1) is 6.04 Å². The molecule has 20 heavy (non-hydrogen) atoms. The lowest BCUT2D eigenvalue weighted by atomic mass is 9.70. The average molecular weight is 272 g/mol. The first-order valence-electron chi connectivity index (χ1n) is 7.18. The largest absolute Gasteiger partial charge is 0.337 e. The van der Waals surface area contributed by atoms with Crippen molar-refractivity contribution in [3.8, 4) is 0 Å². The van der Waals surface area contributed by atoms with Crippen molar-refractivity contribution in [1.82, 2.24) is 15.0 Å². The number of hydrazine groups is 1. The van der Waals surface area contributed by atoms with Gasteiger partial charge in [0.15, 0.2) is 0 Å². The minimum atomic E-state index is -0.0604. The van der Waals surface area contributed by atoms with Crippen LogP contribution in [-0.4, -0.2) is 9.55 Å². The van der Waals surface area contributed by atoms with Crippen LogP contribution in [0.25, 0.3) is 0 Å². The van der Waals surface area contributed by atoms with Gasteiger partial charge in [-0.05, 0) is 18.4 Å². The quantitative estimate of drug-likeness (QED) is 0.628. The molecular weight excluding hydrogens is 248 g/mol. The molecule has 0 spiro atoms. The van der Waals surface area contributed by atoms with Crippen molar-refractivity contribution in [2.75, 3.05) is 0 Å². The second-order valence-electron chi connectivity index (χ2n) is 5.23. The van der Waals surface area contributed by atoms with Gasteiger partial charge >= 0.3 is 0 Å².